The van der Waals surface area contributed by atoms with Crippen molar-refractivity contribution in [3.63, 3.8) is 0 Å². The molecule has 0 aliphatic carbocycles. The van der Waals surface area contributed by atoms with E-state index in [0.717, 1.165) is 4.47 Å². The van der Waals surface area contributed by atoms with Crippen LogP contribution in [-0.2, 0) is 4.79 Å². The van der Waals surface area contributed by atoms with E-state index in [-0.39, 0.29) is 0 Å². The Morgan fingerprint density at radius 2 is 2.33 bits per heavy atom. The van der Waals surface area contributed by atoms with Crippen molar-refractivity contribution >= 4 is 21.9 Å². The molecule has 5 heteroatoms. The molecule has 0 aromatic carbocycles. The predicted molar refractivity (Wildman–Crippen MR) is 46.5 cm³/mol. The molecule has 0 radical (unpaired) electrons. The normalized spacial score (nSPS) is 12.5. The minimum absolute atomic E-state index is 0.483. The molecule has 0 fully saturated rings. The molecular weight excluding hydrogens is 224 g/mol. The van der Waals surface area contributed by atoms with Crippen molar-refractivity contribution in [2.45, 2.75) is 6.04 Å². The van der Waals surface area contributed by atoms with E-state index in [4.69, 9.17) is 10.8 Å². The first-order chi connectivity index (χ1) is 5.61. The van der Waals surface area contributed by atoms with Gasteiger partial charge in [0, 0.05) is 16.9 Å². The van der Waals surface area contributed by atoms with Gasteiger partial charge in [-0.3, -0.25) is 9.78 Å². The molecule has 0 aliphatic heterocycles. The van der Waals surface area contributed by atoms with E-state index < -0.39 is 12.0 Å². The quantitative estimate of drug-likeness (QED) is 0.793. The minimum Gasteiger partial charge on any atom is -0.480 e. The van der Waals surface area contributed by atoms with Crippen LogP contribution in [0.25, 0.3) is 0 Å². The Morgan fingerprint density at radius 1 is 1.67 bits per heavy atom. The van der Waals surface area contributed by atoms with Crippen LogP contribution < -0.4 is 5.73 Å². The molecule has 0 aliphatic rings. The SMILES string of the molecule is N[C@@H](C(=O)O)c1cncc(Br)c1. The van der Waals surface area contributed by atoms with Crippen molar-refractivity contribution in [2.24, 2.45) is 5.73 Å². The van der Waals surface area contributed by atoms with Crippen molar-refractivity contribution in [3.8, 4) is 0 Å². The Hall–Kier alpha value is -0.940. The molecule has 1 heterocycles. The largest absolute Gasteiger partial charge is 0.480 e. The van der Waals surface area contributed by atoms with Crippen LogP contribution in [0.3, 0.4) is 0 Å². The molecule has 0 amide bonds. The van der Waals surface area contributed by atoms with Gasteiger partial charge in [-0.25, -0.2) is 0 Å². The third-order valence-electron chi connectivity index (χ3n) is 1.35. The van der Waals surface area contributed by atoms with Crippen LogP contribution in [0.5, 0.6) is 0 Å². The topological polar surface area (TPSA) is 76.2 Å². The molecular formula is C7H7BrN2O2. The fraction of sp³-hybridized carbons (Fsp3) is 0.143. The average Bonchev–Trinajstić information content (AvgIpc) is 2.03. The molecule has 12 heavy (non-hydrogen) atoms. The molecule has 0 unspecified atom stereocenters. The van der Waals surface area contributed by atoms with E-state index in [2.05, 4.69) is 20.9 Å². The fourth-order valence-electron chi connectivity index (χ4n) is 0.741. The number of hydrogen-bond acceptors (Lipinski definition) is 3. The molecule has 0 bridgehead atoms. The van der Waals surface area contributed by atoms with Crippen LogP contribution in [0, 0.1) is 0 Å². The first kappa shape index (κ1) is 9.15. The molecule has 1 aromatic rings. The summed E-state index contributed by atoms with van der Waals surface area (Å²) in [4.78, 5) is 14.2. The van der Waals surface area contributed by atoms with Gasteiger partial charge in [0.2, 0.25) is 0 Å². The highest BCUT2D eigenvalue weighted by molar-refractivity contribution is 9.10. The van der Waals surface area contributed by atoms with Crippen LogP contribution in [0.1, 0.15) is 11.6 Å². The van der Waals surface area contributed by atoms with Crippen LogP contribution >= 0.6 is 15.9 Å². The summed E-state index contributed by atoms with van der Waals surface area (Å²) in [6.07, 6.45) is 3.00. The van der Waals surface area contributed by atoms with Gasteiger partial charge in [-0.1, -0.05) is 0 Å². The number of aliphatic carboxylic acids is 1. The van der Waals surface area contributed by atoms with Crippen LogP contribution in [-0.4, -0.2) is 16.1 Å². The van der Waals surface area contributed by atoms with Crippen LogP contribution in [0.15, 0.2) is 22.9 Å². The summed E-state index contributed by atoms with van der Waals surface area (Å²) in [5, 5.41) is 8.56. The Kier molecular flexibility index (Phi) is 2.78. The Morgan fingerprint density at radius 3 is 2.83 bits per heavy atom. The van der Waals surface area contributed by atoms with Crippen molar-refractivity contribution in [3.05, 3.63) is 28.5 Å². The van der Waals surface area contributed by atoms with Gasteiger partial charge in [-0.05, 0) is 27.6 Å². The molecule has 4 nitrogen and oxygen atoms in total. The first-order valence-electron chi connectivity index (χ1n) is 3.20. The second-order valence-corrected chi connectivity index (χ2v) is 3.17. The number of carboxylic acid groups (broad SMARTS) is 1. The molecule has 0 spiro atoms. The van der Waals surface area contributed by atoms with Crippen molar-refractivity contribution in [2.75, 3.05) is 0 Å². The monoisotopic (exact) mass is 230 g/mol. The number of carboxylic acids is 1. The highest BCUT2D eigenvalue weighted by Crippen LogP contribution is 2.14. The average molecular weight is 231 g/mol. The lowest BCUT2D eigenvalue weighted by atomic mass is 10.1. The van der Waals surface area contributed by atoms with Gasteiger partial charge >= 0.3 is 5.97 Å². The van der Waals surface area contributed by atoms with Crippen LogP contribution in [0.4, 0.5) is 0 Å². The van der Waals surface area contributed by atoms with Gasteiger partial charge in [0.05, 0.1) is 0 Å². The van der Waals surface area contributed by atoms with Crippen molar-refractivity contribution < 1.29 is 9.90 Å². The summed E-state index contributed by atoms with van der Waals surface area (Å²) in [5.41, 5.74) is 5.83. The molecule has 0 saturated heterocycles. The number of nitrogens with zero attached hydrogens (tertiary/aromatic N) is 1. The highest BCUT2D eigenvalue weighted by atomic mass is 79.9. The van der Waals surface area contributed by atoms with Gasteiger partial charge in [-0.15, -0.1) is 0 Å². The zero-order valence-electron chi connectivity index (χ0n) is 6.07. The second kappa shape index (κ2) is 3.64. The lowest BCUT2D eigenvalue weighted by Crippen LogP contribution is -2.20. The van der Waals surface area contributed by atoms with Gasteiger partial charge in [0.25, 0.3) is 0 Å². The number of pyridine rings is 1. The third kappa shape index (κ3) is 2.02. The van der Waals surface area contributed by atoms with Gasteiger partial charge in [0.15, 0.2) is 0 Å². The number of rotatable bonds is 2. The summed E-state index contributed by atoms with van der Waals surface area (Å²) in [6, 6.07) is 0.626. The fourth-order valence-corrected chi connectivity index (χ4v) is 1.12. The van der Waals surface area contributed by atoms with Crippen LogP contribution in [0.2, 0.25) is 0 Å². The van der Waals surface area contributed by atoms with E-state index >= 15 is 0 Å². The minimum atomic E-state index is -1.06. The molecule has 1 rings (SSSR count). The zero-order valence-corrected chi connectivity index (χ0v) is 7.65. The summed E-state index contributed by atoms with van der Waals surface area (Å²) >= 11 is 3.17. The maximum atomic E-state index is 10.4. The summed E-state index contributed by atoms with van der Waals surface area (Å²) < 4.78 is 0.719. The molecule has 1 aromatic heterocycles. The highest BCUT2D eigenvalue weighted by Gasteiger charge is 2.14. The summed E-state index contributed by atoms with van der Waals surface area (Å²) in [6.45, 7) is 0. The van der Waals surface area contributed by atoms with Gasteiger partial charge in [0.1, 0.15) is 6.04 Å². The third-order valence-corrected chi connectivity index (χ3v) is 1.78. The van der Waals surface area contributed by atoms with E-state index in [0.29, 0.717) is 5.56 Å². The van der Waals surface area contributed by atoms with Gasteiger partial charge in [-0.2, -0.15) is 0 Å². The molecule has 3 N–H and O–H groups in total. The maximum absolute atomic E-state index is 10.4. The van der Waals surface area contributed by atoms with E-state index in [1.165, 1.54) is 6.20 Å². The lowest BCUT2D eigenvalue weighted by Gasteiger charge is -2.05. The summed E-state index contributed by atoms with van der Waals surface area (Å²) in [5.74, 6) is -1.06. The number of carbonyl (C=O) groups is 1. The number of halogens is 1. The standard InChI is InChI=1S/C7H7BrN2O2/c8-5-1-4(2-10-3-5)6(9)7(11)12/h1-3,6H,9H2,(H,11,12)/t6-/m1/s1. The maximum Gasteiger partial charge on any atom is 0.325 e. The molecule has 0 saturated carbocycles. The first-order valence-corrected chi connectivity index (χ1v) is 3.99. The predicted octanol–water partition coefficient (Wildman–Crippen LogP) is 0.928. The molecule has 64 valence electrons. The second-order valence-electron chi connectivity index (χ2n) is 2.25. The Bertz CT molecular complexity index is 303. The Labute approximate surface area is 77.5 Å². The lowest BCUT2D eigenvalue weighted by molar-refractivity contribution is -0.138. The summed E-state index contributed by atoms with van der Waals surface area (Å²) in [7, 11) is 0. The van der Waals surface area contributed by atoms with E-state index in [9.17, 15) is 4.79 Å². The van der Waals surface area contributed by atoms with E-state index in [1.807, 2.05) is 0 Å². The number of nitrogens with two attached hydrogens (primary N) is 1. The number of aromatic nitrogens is 1. The van der Waals surface area contributed by atoms with E-state index in [1.54, 1.807) is 12.3 Å². The van der Waals surface area contributed by atoms with Crippen molar-refractivity contribution in [1.82, 2.24) is 4.98 Å². The smallest absolute Gasteiger partial charge is 0.325 e. The van der Waals surface area contributed by atoms with Crippen molar-refractivity contribution in [1.29, 1.82) is 0 Å². The molecule has 1 atom stereocenters. The van der Waals surface area contributed by atoms with Gasteiger partial charge < -0.3 is 10.8 Å². The Balaban J connectivity index is 2.95. The zero-order chi connectivity index (χ0) is 9.14. The number of hydrogen-bond donors (Lipinski definition) is 2.